The highest BCUT2D eigenvalue weighted by atomic mass is 16.6. The predicted octanol–water partition coefficient (Wildman–Crippen LogP) is 4.34. The first-order chi connectivity index (χ1) is 13.2. The molecule has 1 rings (SSSR count). The fraction of sp³-hybridized carbons (Fsp3) is 0.773. The van der Waals surface area contributed by atoms with Crippen LogP contribution in [0.5, 0.6) is 0 Å². The summed E-state index contributed by atoms with van der Waals surface area (Å²) in [7, 11) is 1.43. The van der Waals surface area contributed by atoms with Crippen molar-refractivity contribution in [1.82, 2.24) is 0 Å². The van der Waals surface area contributed by atoms with Crippen LogP contribution in [-0.2, 0) is 19.0 Å². The summed E-state index contributed by atoms with van der Waals surface area (Å²) in [5, 5.41) is 8.93. The minimum absolute atomic E-state index is 0.0920. The van der Waals surface area contributed by atoms with Crippen molar-refractivity contribution in [2.75, 3.05) is 20.3 Å². The van der Waals surface area contributed by atoms with Crippen molar-refractivity contribution in [3.05, 3.63) is 24.3 Å². The number of unbranched alkanes of at least 4 members (excludes halogenated alkanes) is 3. The average Bonchev–Trinajstić information content (AvgIpc) is 3.42. The summed E-state index contributed by atoms with van der Waals surface area (Å²) in [5.74, 6) is -0.131. The third-order valence-corrected chi connectivity index (χ3v) is 4.66. The molecule has 5 nitrogen and oxygen atoms in total. The fourth-order valence-corrected chi connectivity index (χ4v) is 2.96. The normalized spacial score (nSPS) is 20.4. The molecule has 1 N–H and O–H groups in total. The number of epoxide rings is 1. The van der Waals surface area contributed by atoms with Crippen molar-refractivity contribution in [2.45, 2.75) is 89.4 Å². The summed E-state index contributed by atoms with van der Waals surface area (Å²) < 4.78 is 16.2. The van der Waals surface area contributed by atoms with Gasteiger partial charge in [0.05, 0.1) is 25.4 Å². The summed E-state index contributed by atoms with van der Waals surface area (Å²) in [6, 6.07) is 0. The Kier molecular flexibility index (Phi) is 14.0. The third kappa shape index (κ3) is 12.8. The molecule has 0 bridgehead atoms. The summed E-state index contributed by atoms with van der Waals surface area (Å²) in [6.45, 7) is 2.88. The van der Waals surface area contributed by atoms with E-state index < -0.39 is 0 Å². The smallest absolute Gasteiger partial charge is 0.305 e. The average molecular weight is 383 g/mol. The molecule has 5 heteroatoms. The van der Waals surface area contributed by atoms with Gasteiger partial charge in [-0.05, 0) is 38.5 Å². The van der Waals surface area contributed by atoms with Crippen molar-refractivity contribution in [3.8, 4) is 0 Å². The molecule has 1 aliphatic heterocycles. The largest absolute Gasteiger partial charge is 0.469 e. The number of hydrogen-bond donors (Lipinski definition) is 1. The lowest BCUT2D eigenvalue weighted by atomic mass is 10.1. The van der Waals surface area contributed by atoms with Gasteiger partial charge in [-0.1, -0.05) is 50.5 Å². The van der Waals surface area contributed by atoms with Crippen LogP contribution < -0.4 is 0 Å². The van der Waals surface area contributed by atoms with Gasteiger partial charge >= 0.3 is 5.97 Å². The van der Waals surface area contributed by atoms with Crippen LogP contribution in [0.15, 0.2) is 24.3 Å². The van der Waals surface area contributed by atoms with Crippen molar-refractivity contribution < 1.29 is 24.1 Å². The lowest BCUT2D eigenvalue weighted by Crippen LogP contribution is -2.12. The first-order valence-electron chi connectivity index (χ1n) is 10.5. The fourth-order valence-electron chi connectivity index (χ4n) is 2.96. The molecule has 27 heavy (non-hydrogen) atoms. The van der Waals surface area contributed by atoms with Crippen LogP contribution in [0.3, 0.4) is 0 Å². The second-order valence-corrected chi connectivity index (χ2v) is 7.01. The Morgan fingerprint density at radius 1 is 1.07 bits per heavy atom. The topological polar surface area (TPSA) is 68.3 Å². The highest BCUT2D eigenvalue weighted by Crippen LogP contribution is 2.29. The molecule has 0 aromatic carbocycles. The minimum atomic E-state index is -0.131. The molecule has 156 valence electrons. The van der Waals surface area contributed by atoms with E-state index >= 15 is 0 Å². The standard InChI is InChI=1S/C22H38O5/c1-3-4-7-14-20-21(27-20)15-10-13-19(26-18-11-17-23)12-8-5-6-9-16-22(24)25-2/h4,7,10,13,19-21,23H,3,5-6,8-9,11-12,14-18H2,1-2H3/b7-4+,13-10-. The highest BCUT2D eigenvalue weighted by molar-refractivity contribution is 5.68. The zero-order chi connectivity index (χ0) is 19.7. The van der Waals surface area contributed by atoms with Gasteiger partial charge in [0.15, 0.2) is 0 Å². The molecule has 0 saturated carbocycles. The Morgan fingerprint density at radius 3 is 2.52 bits per heavy atom. The second-order valence-electron chi connectivity index (χ2n) is 7.01. The van der Waals surface area contributed by atoms with Crippen LogP contribution in [-0.4, -0.2) is 49.7 Å². The van der Waals surface area contributed by atoms with Crippen LogP contribution >= 0.6 is 0 Å². The molecule has 1 fully saturated rings. The van der Waals surface area contributed by atoms with Crippen LogP contribution in [0.1, 0.15) is 71.1 Å². The Labute approximate surface area is 164 Å². The number of allylic oxidation sites excluding steroid dienone is 1. The van der Waals surface area contributed by atoms with Gasteiger partial charge in [-0.2, -0.15) is 0 Å². The molecule has 0 spiro atoms. The lowest BCUT2D eigenvalue weighted by molar-refractivity contribution is -0.140. The number of aliphatic hydroxyl groups is 1. The number of aliphatic hydroxyl groups excluding tert-OH is 1. The molecular formula is C22H38O5. The highest BCUT2D eigenvalue weighted by Gasteiger charge is 2.36. The van der Waals surface area contributed by atoms with Crippen molar-refractivity contribution in [1.29, 1.82) is 0 Å². The number of ether oxygens (including phenoxy) is 3. The monoisotopic (exact) mass is 382 g/mol. The summed E-state index contributed by atoms with van der Waals surface area (Å²) in [6.07, 6.45) is 18.7. The van der Waals surface area contributed by atoms with Gasteiger partial charge in [0.2, 0.25) is 0 Å². The predicted molar refractivity (Wildman–Crippen MR) is 108 cm³/mol. The van der Waals surface area contributed by atoms with E-state index in [1.54, 1.807) is 0 Å². The number of methoxy groups -OCH3 is 1. The number of hydrogen-bond acceptors (Lipinski definition) is 5. The number of esters is 1. The number of rotatable bonds is 17. The van der Waals surface area contributed by atoms with Crippen LogP contribution in [0.4, 0.5) is 0 Å². The Balaban J connectivity index is 2.20. The maximum Gasteiger partial charge on any atom is 0.305 e. The minimum Gasteiger partial charge on any atom is -0.469 e. The second kappa shape index (κ2) is 15.8. The Bertz CT molecular complexity index is 432. The first kappa shape index (κ1) is 23.9. The molecule has 3 unspecified atom stereocenters. The van der Waals surface area contributed by atoms with Gasteiger partial charge < -0.3 is 19.3 Å². The van der Waals surface area contributed by atoms with Crippen molar-refractivity contribution in [3.63, 3.8) is 0 Å². The summed E-state index contributed by atoms with van der Waals surface area (Å²) >= 11 is 0. The summed E-state index contributed by atoms with van der Waals surface area (Å²) in [4.78, 5) is 11.1. The van der Waals surface area contributed by atoms with E-state index in [0.29, 0.717) is 31.7 Å². The van der Waals surface area contributed by atoms with E-state index in [1.807, 2.05) is 0 Å². The number of carbonyl (C=O) groups is 1. The SMILES string of the molecule is CC/C=C/CC1OC1C/C=C\C(CCCCCCC(=O)OC)OCCCO. The van der Waals surface area contributed by atoms with E-state index in [9.17, 15) is 4.79 Å². The molecule has 0 aromatic heterocycles. The zero-order valence-electron chi connectivity index (χ0n) is 17.1. The Hall–Kier alpha value is -1.17. The van der Waals surface area contributed by atoms with Gasteiger partial charge in [0.1, 0.15) is 0 Å². The van der Waals surface area contributed by atoms with Crippen LogP contribution in [0.2, 0.25) is 0 Å². The zero-order valence-corrected chi connectivity index (χ0v) is 17.1. The van der Waals surface area contributed by atoms with E-state index in [-0.39, 0.29) is 18.7 Å². The van der Waals surface area contributed by atoms with Crippen molar-refractivity contribution in [2.24, 2.45) is 0 Å². The molecule has 1 heterocycles. The third-order valence-electron chi connectivity index (χ3n) is 4.66. The maximum absolute atomic E-state index is 11.1. The van der Waals surface area contributed by atoms with E-state index in [0.717, 1.165) is 51.4 Å². The van der Waals surface area contributed by atoms with Crippen LogP contribution in [0.25, 0.3) is 0 Å². The van der Waals surface area contributed by atoms with E-state index in [2.05, 4.69) is 36.0 Å². The molecule has 0 aromatic rings. The molecule has 0 amide bonds. The van der Waals surface area contributed by atoms with E-state index in [1.165, 1.54) is 7.11 Å². The Morgan fingerprint density at radius 2 is 1.81 bits per heavy atom. The summed E-state index contributed by atoms with van der Waals surface area (Å²) in [5.41, 5.74) is 0. The molecule has 0 aliphatic carbocycles. The molecule has 1 saturated heterocycles. The van der Waals surface area contributed by atoms with Crippen LogP contribution in [0, 0.1) is 0 Å². The van der Waals surface area contributed by atoms with Gasteiger partial charge in [0.25, 0.3) is 0 Å². The molecule has 3 atom stereocenters. The van der Waals surface area contributed by atoms with Gasteiger partial charge in [-0.15, -0.1) is 0 Å². The molecular weight excluding hydrogens is 344 g/mol. The van der Waals surface area contributed by atoms with Crippen molar-refractivity contribution >= 4 is 5.97 Å². The quantitative estimate of drug-likeness (QED) is 0.175. The lowest BCUT2D eigenvalue weighted by Gasteiger charge is -2.14. The van der Waals surface area contributed by atoms with Gasteiger partial charge in [0, 0.05) is 19.6 Å². The molecule has 1 aliphatic rings. The number of carbonyl (C=O) groups excluding carboxylic acids is 1. The van der Waals surface area contributed by atoms with Gasteiger partial charge in [-0.25, -0.2) is 0 Å². The van der Waals surface area contributed by atoms with Gasteiger partial charge in [-0.3, -0.25) is 4.79 Å². The first-order valence-corrected chi connectivity index (χ1v) is 10.5. The molecule has 0 radical (unpaired) electrons. The van der Waals surface area contributed by atoms with E-state index in [4.69, 9.17) is 14.6 Å². The maximum atomic E-state index is 11.1.